The van der Waals surface area contributed by atoms with Crippen LogP contribution in [0.2, 0.25) is 0 Å². The summed E-state index contributed by atoms with van der Waals surface area (Å²) in [6.07, 6.45) is 57.7. The highest BCUT2D eigenvalue weighted by molar-refractivity contribution is 4.54. The van der Waals surface area contributed by atoms with Crippen LogP contribution in [0.1, 0.15) is 264 Å². The van der Waals surface area contributed by atoms with Gasteiger partial charge in [0.15, 0.2) is 0 Å². The fourth-order valence-electron chi connectivity index (χ4n) is 7.04. The van der Waals surface area contributed by atoms with Crippen molar-refractivity contribution in [2.75, 3.05) is 13.1 Å². The lowest BCUT2D eigenvalue weighted by molar-refractivity contribution is 0.509. The van der Waals surface area contributed by atoms with Gasteiger partial charge in [-0.1, -0.05) is 258 Å². The van der Waals surface area contributed by atoms with Crippen molar-refractivity contribution in [3.05, 3.63) is 0 Å². The normalized spacial score (nSPS) is 11.6. The molecular formula is C43H89N. The molecule has 0 aliphatic carbocycles. The molecule has 44 heavy (non-hydrogen) atoms. The highest BCUT2D eigenvalue weighted by atomic mass is 14.8. The van der Waals surface area contributed by atoms with Crippen LogP contribution in [0.3, 0.4) is 0 Å². The second-order valence-electron chi connectivity index (χ2n) is 14.8. The van der Waals surface area contributed by atoms with Gasteiger partial charge in [0.25, 0.3) is 0 Å². The summed E-state index contributed by atoms with van der Waals surface area (Å²) in [5.74, 6) is 0. The maximum Gasteiger partial charge on any atom is -0.00490 e. The molecule has 1 heteroatoms. The Hall–Kier alpha value is -0.0400. The van der Waals surface area contributed by atoms with Gasteiger partial charge in [0.05, 0.1) is 0 Å². The van der Waals surface area contributed by atoms with E-state index in [1.165, 1.54) is 257 Å². The molecule has 0 aromatic carbocycles. The number of hydrogen-bond acceptors (Lipinski definition) is 1. The zero-order valence-electron chi connectivity index (χ0n) is 31.5. The minimum atomic E-state index is 1.12. The van der Waals surface area contributed by atoms with Crippen molar-refractivity contribution < 1.29 is 0 Å². The topological polar surface area (TPSA) is 12.0 Å². The Morgan fingerprint density at radius 3 is 0.523 bits per heavy atom. The minimum absolute atomic E-state index is 1.12. The van der Waals surface area contributed by atoms with Crippen molar-refractivity contribution >= 4 is 0 Å². The van der Waals surface area contributed by atoms with Gasteiger partial charge in [-0.15, -0.1) is 0 Å². The van der Waals surface area contributed by atoms with Gasteiger partial charge < -0.3 is 5.32 Å². The van der Waals surface area contributed by atoms with E-state index in [1.807, 2.05) is 0 Å². The van der Waals surface area contributed by atoms with Gasteiger partial charge in [0, 0.05) is 0 Å². The van der Waals surface area contributed by atoms with E-state index in [0.29, 0.717) is 0 Å². The van der Waals surface area contributed by atoms with Crippen molar-refractivity contribution in [3.63, 3.8) is 0 Å². The molecule has 1 N–H and O–H groups in total. The lowest BCUT2D eigenvalue weighted by Crippen LogP contribution is -2.13. The summed E-state index contributed by atoms with van der Waals surface area (Å²) in [6.45, 7) is 6.85. The van der Waals surface area contributed by atoms with E-state index >= 15 is 0 Å². The molecule has 0 aliphatic rings. The second kappa shape index (κ2) is 43.0. The molecule has 0 saturated heterocycles. The fourth-order valence-corrected chi connectivity index (χ4v) is 7.04. The summed E-state index contributed by atoms with van der Waals surface area (Å²) in [4.78, 5) is 0. The Morgan fingerprint density at radius 2 is 0.364 bits per heavy atom. The fraction of sp³-hybridized carbons (Fsp3) is 1.00. The van der Waals surface area contributed by atoms with Gasteiger partial charge in [-0.25, -0.2) is 0 Å². The van der Waals surface area contributed by atoms with Gasteiger partial charge >= 0.3 is 0 Å². The molecule has 0 radical (unpaired) electrons. The van der Waals surface area contributed by atoms with E-state index in [9.17, 15) is 0 Å². The average Bonchev–Trinajstić information content (AvgIpc) is 3.04. The maximum absolute atomic E-state index is 3.43. The molecule has 0 amide bonds. The Kier molecular flexibility index (Phi) is 42.9. The van der Waals surface area contributed by atoms with Crippen molar-refractivity contribution in [2.24, 2.45) is 0 Å². The molecule has 0 spiro atoms. The third-order valence-electron chi connectivity index (χ3n) is 10.2. The quantitative estimate of drug-likeness (QED) is 0.0671. The molecular weight excluding hydrogens is 530 g/mol. The molecule has 1 nitrogen and oxygen atoms in total. The van der Waals surface area contributed by atoms with Gasteiger partial charge in [0.2, 0.25) is 0 Å². The first kappa shape index (κ1) is 44.0. The van der Waals surface area contributed by atoms with E-state index in [0.717, 1.165) is 6.54 Å². The third kappa shape index (κ3) is 42.0. The predicted octanol–water partition coefficient (Wildman–Crippen LogP) is 15.8. The van der Waals surface area contributed by atoms with Crippen LogP contribution in [0.15, 0.2) is 0 Å². The van der Waals surface area contributed by atoms with Gasteiger partial charge in [-0.2, -0.15) is 0 Å². The van der Waals surface area contributed by atoms with Crippen LogP contribution in [-0.2, 0) is 0 Å². The standard InChI is InChI=1S/C43H89N/c1-3-5-6-7-8-9-10-11-12-13-14-15-16-17-18-19-20-21-22-23-24-25-26-27-28-29-30-31-32-33-34-35-36-37-38-39-40-41-42-43-44-4-2/h44H,3-43H2,1-2H3. The van der Waals surface area contributed by atoms with Crippen LogP contribution in [0.25, 0.3) is 0 Å². The zero-order valence-corrected chi connectivity index (χ0v) is 31.5. The summed E-state index contributed by atoms with van der Waals surface area (Å²) in [5.41, 5.74) is 0. The van der Waals surface area contributed by atoms with Crippen molar-refractivity contribution in [2.45, 2.75) is 264 Å². The van der Waals surface area contributed by atoms with Crippen LogP contribution in [0.5, 0.6) is 0 Å². The molecule has 0 heterocycles. The van der Waals surface area contributed by atoms with E-state index in [4.69, 9.17) is 0 Å². The summed E-state index contributed by atoms with van der Waals surface area (Å²) in [7, 11) is 0. The van der Waals surface area contributed by atoms with Gasteiger partial charge in [0.1, 0.15) is 0 Å². The molecule has 0 saturated carbocycles. The molecule has 0 fully saturated rings. The van der Waals surface area contributed by atoms with Crippen LogP contribution >= 0.6 is 0 Å². The number of rotatable bonds is 41. The Morgan fingerprint density at radius 1 is 0.205 bits per heavy atom. The van der Waals surface area contributed by atoms with E-state index < -0.39 is 0 Å². The van der Waals surface area contributed by atoms with Crippen LogP contribution in [0.4, 0.5) is 0 Å². The molecule has 0 atom stereocenters. The predicted molar refractivity (Wildman–Crippen MR) is 204 cm³/mol. The van der Waals surface area contributed by atoms with E-state index in [-0.39, 0.29) is 0 Å². The molecule has 0 aromatic heterocycles. The van der Waals surface area contributed by atoms with E-state index in [2.05, 4.69) is 19.2 Å². The SMILES string of the molecule is CCCCCCCCCCCCCCCCCCCCCCCCCCCCCCCCCCCCCCCCCNCC. The molecule has 0 unspecified atom stereocenters. The molecule has 0 rings (SSSR count). The van der Waals surface area contributed by atoms with Gasteiger partial charge in [-0.05, 0) is 19.5 Å². The first-order chi connectivity index (χ1) is 21.9. The number of nitrogens with one attached hydrogen (secondary N) is 1. The highest BCUT2D eigenvalue weighted by Crippen LogP contribution is 2.17. The molecule has 0 bridgehead atoms. The van der Waals surface area contributed by atoms with Crippen LogP contribution in [0, 0.1) is 0 Å². The zero-order chi connectivity index (χ0) is 31.7. The second-order valence-corrected chi connectivity index (χ2v) is 14.8. The molecule has 0 aromatic rings. The smallest absolute Gasteiger partial charge is 0.00490 e. The number of unbranched alkanes of at least 4 members (excludes halogenated alkanes) is 38. The number of hydrogen-bond donors (Lipinski definition) is 1. The van der Waals surface area contributed by atoms with Crippen LogP contribution in [-0.4, -0.2) is 13.1 Å². The summed E-state index contributed by atoms with van der Waals surface area (Å²) in [5, 5.41) is 3.43. The summed E-state index contributed by atoms with van der Waals surface area (Å²) in [6, 6.07) is 0. The van der Waals surface area contributed by atoms with E-state index in [1.54, 1.807) is 0 Å². The average molecular weight is 620 g/mol. The summed E-state index contributed by atoms with van der Waals surface area (Å²) < 4.78 is 0. The first-order valence-electron chi connectivity index (χ1n) is 21.6. The van der Waals surface area contributed by atoms with Crippen molar-refractivity contribution in [1.29, 1.82) is 0 Å². The van der Waals surface area contributed by atoms with Crippen molar-refractivity contribution in [3.8, 4) is 0 Å². The summed E-state index contributed by atoms with van der Waals surface area (Å²) >= 11 is 0. The highest BCUT2D eigenvalue weighted by Gasteiger charge is 1.98. The largest absolute Gasteiger partial charge is 0.317 e. The Balaban J connectivity index is 3.03. The Bertz CT molecular complexity index is 418. The lowest BCUT2D eigenvalue weighted by Gasteiger charge is -2.05. The molecule has 266 valence electrons. The first-order valence-corrected chi connectivity index (χ1v) is 21.6. The minimum Gasteiger partial charge on any atom is -0.317 e. The third-order valence-corrected chi connectivity index (χ3v) is 10.2. The van der Waals surface area contributed by atoms with Crippen LogP contribution < -0.4 is 5.32 Å². The van der Waals surface area contributed by atoms with Crippen molar-refractivity contribution in [1.82, 2.24) is 5.32 Å². The molecule has 0 aliphatic heterocycles. The maximum atomic E-state index is 3.43. The Labute approximate surface area is 282 Å². The monoisotopic (exact) mass is 620 g/mol. The van der Waals surface area contributed by atoms with Gasteiger partial charge in [-0.3, -0.25) is 0 Å². The lowest BCUT2D eigenvalue weighted by atomic mass is 10.0.